The number of unbranched alkanes of at least 4 members (excludes halogenated alkanes) is 1. The highest BCUT2D eigenvalue weighted by Crippen LogP contribution is 2.15. The summed E-state index contributed by atoms with van der Waals surface area (Å²) in [6.07, 6.45) is 12.8. The standard InChI is InChI=1S/C22H20N2O/c25-22(16-10-2-1-5-11-19-12-6-3-7-13-19)24-17-21(23-18-24)20-14-8-4-9-15-20/h3-18H,1-2H2/b11-5-,16-10+. The van der Waals surface area contributed by atoms with Gasteiger partial charge in [0.15, 0.2) is 0 Å². The third-order valence-electron chi connectivity index (χ3n) is 3.78. The number of allylic oxidation sites excluding steroid dienone is 3. The lowest BCUT2D eigenvalue weighted by atomic mass is 10.2. The molecule has 2 aromatic carbocycles. The lowest BCUT2D eigenvalue weighted by Gasteiger charge is -1.95. The number of benzene rings is 2. The van der Waals surface area contributed by atoms with E-state index < -0.39 is 0 Å². The van der Waals surface area contributed by atoms with Crippen molar-refractivity contribution < 1.29 is 4.79 Å². The molecule has 0 saturated carbocycles. The van der Waals surface area contributed by atoms with Crippen molar-refractivity contribution in [3.63, 3.8) is 0 Å². The first-order chi connectivity index (χ1) is 12.3. The minimum Gasteiger partial charge on any atom is -0.272 e. The number of hydrogen-bond donors (Lipinski definition) is 0. The van der Waals surface area contributed by atoms with E-state index in [1.807, 2.05) is 54.6 Å². The van der Waals surface area contributed by atoms with Gasteiger partial charge in [-0.2, -0.15) is 0 Å². The maximum absolute atomic E-state index is 12.2. The van der Waals surface area contributed by atoms with Crippen molar-refractivity contribution in [1.29, 1.82) is 0 Å². The molecule has 0 fully saturated rings. The summed E-state index contributed by atoms with van der Waals surface area (Å²) in [5.74, 6) is -0.0817. The molecule has 0 saturated heterocycles. The summed E-state index contributed by atoms with van der Waals surface area (Å²) in [5.41, 5.74) is 2.99. The number of nitrogens with zero attached hydrogens (tertiary/aromatic N) is 2. The van der Waals surface area contributed by atoms with E-state index in [-0.39, 0.29) is 5.91 Å². The van der Waals surface area contributed by atoms with Gasteiger partial charge in [0.05, 0.1) is 5.69 Å². The van der Waals surface area contributed by atoms with Gasteiger partial charge in [0.2, 0.25) is 0 Å². The van der Waals surface area contributed by atoms with Crippen LogP contribution in [-0.4, -0.2) is 15.5 Å². The molecule has 0 unspecified atom stereocenters. The van der Waals surface area contributed by atoms with E-state index in [1.54, 1.807) is 18.6 Å². The van der Waals surface area contributed by atoms with Crippen molar-refractivity contribution in [2.75, 3.05) is 0 Å². The summed E-state index contributed by atoms with van der Waals surface area (Å²) in [6, 6.07) is 20.0. The molecule has 3 nitrogen and oxygen atoms in total. The van der Waals surface area contributed by atoms with E-state index in [9.17, 15) is 4.79 Å². The number of aromatic nitrogens is 2. The van der Waals surface area contributed by atoms with E-state index in [0.717, 1.165) is 24.1 Å². The monoisotopic (exact) mass is 328 g/mol. The molecule has 0 amide bonds. The number of carbonyl (C=O) groups is 1. The van der Waals surface area contributed by atoms with Gasteiger partial charge in [0.25, 0.3) is 5.91 Å². The normalized spacial score (nSPS) is 11.4. The van der Waals surface area contributed by atoms with Crippen LogP contribution in [0.2, 0.25) is 0 Å². The second-order valence-corrected chi connectivity index (χ2v) is 5.66. The first-order valence-electron chi connectivity index (χ1n) is 8.35. The Morgan fingerprint density at radius 2 is 1.60 bits per heavy atom. The van der Waals surface area contributed by atoms with E-state index >= 15 is 0 Å². The molecule has 0 bridgehead atoms. The first kappa shape index (κ1) is 16.7. The van der Waals surface area contributed by atoms with Crippen LogP contribution in [0.1, 0.15) is 23.2 Å². The van der Waals surface area contributed by atoms with Crippen LogP contribution < -0.4 is 0 Å². The van der Waals surface area contributed by atoms with Crippen molar-refractivity contribution in [2.24, 2.45) is 0 Å². The molecule has 0 aliphatic heterocycles. The summed E-state index contributed by atoms with van der Waals surface area (Å²) >= 11 is 0. The summed E-state index contributed by atoms with van der Waals surface area (Å²) in [6.45, 7) is 0. The summed E-state index contributed by atoms with van der Waals surface area (Å²) in [4.78, 5) is 16.5. The average Bonchev–Trinajstić information content (AvgIpc) is 3.16. The second kappa shape index (κ2) is 8.60. The molecule has 3 rings (SSSR count). The first-order valence-corrected chi connectivity index (χ1v) is 8.35. The van der Waals surface area contributed by atoms with Gasteiger partial charge in [-0.05, 0) is 24.5 Å². The fraction of sp³-hybridized carbons (Fsp3) is 0.0909. The van der Waals surface area contributed by atoms with Crippen molar-refractivity contribution in [2.45, 2.75) is 12.8 Å². The fourth-order valence-corrected chi connectivity index (χ4v) is 2.45. The number of rotatable bonds is 6. The molecular weight excluding hydrogens is 308 g/mol. The smallest absolute Gasteiger partial charge is 0.255 e. The zero-order chi connectivity index (χ0) is 17.3. The Hall–Kier alpha value is -3.20. The molecule has 0 atom stereocenters. The molecule has 3 heteroatoms. The van der Waals surface area contributed by atoms with Gasteiger partial charge >= 0.3 is 0 Å². The quantitative estimate of drug-likeness (QED) is 0.458. The maximum Gasteiger partial charge on any atom is 0.255 e. The highest BCUT2D eigenvalue weighted by Gasteiger charge is 2.04. The van der Waals surface area contributed by atoms with Crippen LogP contribution in [0.25, 0.3) is 17.3 Å². The Balaban J connectivity index is 1.50. The molecule has 3 aromatic rings. The average molecular weight is 328 g/mol. The zero-order valence-corrected chi connectivity index (χ0v) is 14.0. The summed E-state index contributed by atoms with van der Waals surface area (Å²) < 4.78 is 1.51. The molecule has 0 aliphatic rings. The van der Waals surface area contributed by atoms with Crippen LogP contribution in [-0.2, 0) is 0 Å². The SMILES string of the molecule is O=C(/C=C/CC/C=C\c1ccccc1)n1cnc(-c2ccccc2)c1. The van der Waals surface area contributed by atoms with Crippen LogP contribution in [0.3, 0.4) is 0 Å². The molecule has 1 aromatic heterocycles. The van der Waals surface area contributed by atoms with Crippen LogP contribution in [0, 0.1) is 0 Å². The Morgan fingerprint density at radius 1 is 0.920 bits per heavy atom. The molecule has 124 valence electrons. The summed E-state index contributed by atoms with van der Waals surface area (Å²) in [7, 11) is 0. The van der Waals surface area contributed by atoms with Crippen molar-refractivity contribution in [1.82, 2.24) is 9.55 Å². The highest BCUT2D eigenvalue weighted by molar-refractivity contribution is 5.90. The predicted octanol–water partition coefficient (Wildman–Crippen LogP) is 5.24. The number of carbonyl (C=O) groups excluding carboxylic acids is 1. The maximum atomic E-state index is 12.2. The fourth-order valence-electron chi connectivity index (χ4n) is 2.45. The van der Waals surface area contributed by atoms with Gasteiger partial charge in [-0.25, -0.2) is 4.98 Å². The van der Waals surface area contributed by atoms with Crippen molar-refractivity contribution in [3.8, 4) is 11.3 Å². The molecule has 0 spiro atoms. The highest BCUT2D eigenvalue weighted by atomic mass is 16.1. The summed E-state index contributed by atoms with van der Waals surface area (Å²) in [5, 5.41) is 0. The van der Waals surface area contributed by atoms with Crippen LogP contribution in [0.4, 0.5) is 0 Å². The van der Waals surface area contributed by atoms with Gasteiger partial charge in [-0.1, -0.05) is 78.9 Å². The topological polar surface area (TPSA) is 34.9 Å². The third kappa shape index (κ3) is 4.88. The van der Waals surface area contributed by atoms with Crippen LogP contribution >= 0.6 is 0 Å². The predicted molar refractivity (Wildman–Crippen MR) is 102 cm³/mol. The lowest BCUT2D eigenvalue weighted by molar-refractivity contribution is 0.0968. The molecule has 0 radical (unpaired) electrons. The Bertz CT molecular complexity index is 861. The van der Waals surface area contributed by atoms with Crippen molar-refractivity contribution in [3.05, 3.63) is 97.0 Å². The van der Waals surface area contributed by atoms with E-state index in [0.29, 0.717) is 0 Å². The van der Waals surface area contributed by atoms with Gasteiger partial charge in [-0.15, -0.1) is 0 Å². The van der Waals surface area contributed by atoms with Crippen LogP contribution in [0.5, 0.6) is 0 Å². The third-order valence-corrected chi connectivity index (χ3v) is 3.78. The number of hydrogen-bond acceptors (Lipinski definition) is 2. The lowest BCUT2D eigenvalue weighted by Crippen LogP contribution is -2.03. The van der Waals surface area contributed by atoms with Gasteiger partial charge in [-0.3, -0.25) is 9.36 Å². The van der Waals surface area contributed by atoms with E-state index in [4.69, 9.17) is 0 Å². The molecule has 0 N–H and O–H groups in total. The van der Waals surface area contributed by atoms with Crippen LogP contribution in [0.15, 0.2) is 91.4 Å². The minimum atomic E-state index is -0.0817. The van der Waals surface area contributed by atoms with E-state index in [2.05, 4.69) is 29.3 Å². The largest absolute Gasteiger partial charge is 0.272 e. The van der Waals surface area contributed by atoms with Gasteiger partial charge in [0, 0.05) is 11.8 Å². The molecular formula is C22H20N2O. The van der Waals surface area contributed by atoms with Gasteiger partial charge < -0.3 is 0 Å². The van der Waals surface area contributed by atoms with E-state index in [1.165, 1.54) is 10.1 Å². The van der Waals surface area contributed by atoms with Gasteiger partial charge in [0.1, 0.15) is 6.33 Å². The zero-order valence-electron chi connectivity index (χ0n) is 14.0. The molecule has 25 heavy (non-hydrogen) atoms. The number of imidazole rings is 1. The molecule has 0 aliphatic carbocycles. The minimum absolute atomic E-state index is 0.0817. The molecule has 1 heterocycles. The Kier molecular flexibility index (Phi) is 5.73. The second-order valence-electron chi connectivity index (χ2n) is 5.66. The Labute approximate surface area is 148 Å². The van der Waals surface area contributed by atoms with Crippen molar-refractivity contribution >= 4 is 12.0 Å². The Morgan fingerprint density at radius 3 is 2.36 bits per heavy atom.